The summed E-state index contributed by atoms with van der Waals surface area (Å²) < 4.78 is 6.12. The summed E-state index contributed by atoms with van der Waals surface area (Å²) in [4.78, 5) is 4.92. The van der Waals surface area contributed by atoms with Crippen LogP contribution in [0.2, 0.25) is 0 Å². The lowest BCUT2D eigenvalue weighted by atomic mass is 10.1. The topological polar surface area (TPSA) is 83.5 Å². The fourth-order valence-electron chi connectivity index (χ4n) is 3.33. The number of rotatable bonds is 12. The standard InChI is InChI=1S/C32H40N4O/c1-6-12-31(36-32(13-7-2)35-28-18-19-30(34)27(20-28)22-33)26-16-11-17-29(21-26)37-23-25(9-4)15-10-14-24(5)8-3/h7,9-22,33H,6,8,23,34H2,1-5H3,(H,35,36)/b13-7-,15-10-,24-14+,25-9+,31-12+,33-22?. The third-order valence-electron chi connectivity index (χ3n) is 5.63. The van der Waals surface area contributed by atoms with Crippen molar-refractivity contribution in [1.82, 2.24) is 0 Å². The van der Waals surface area contributed by atoms with Crippen LogP contribution in [0.3, 0.4) is 0 Å². The van der Waals surface area contributed by atoms with E-state index in [1.165, 1.54) is 11.8 Å². The second-order valence-electron chi connectivity index (χ2n) is 8.51. The van der Waals surface area contributed by atoms with Crippen molar-refractivity contribution in [2.24, 2.45) is 4.99 Å². The number of aliphatic imine (C=N–C) groups is 1. The van der Waals surface area contributed by atoms with E-state index in [1.807, 2.05) is 62.4 Å². The molecule has 0 fully saturated rings. The number of nitrogens with two attached hydrogens (primary N) is 1. The summed E-state index contributed by atoms with van der Waals surface area (Å²) in [6, 6.07) is 13.5. The molecule has 0 aliphatic carbocycles. The highest BCUT2D eigenvalue weighted by Crippen LogP contribution is 2.24. The van der Waals surface area contributed by atoms with Gasteiger partial charge in [-0.05, 0) is 75.6 Å². The molecule has 0 atom stereocenters. The highest BCUT2D eigenvalue weighted by Gasteiger charge is 2.06. The average molecular weight is 497 g/mol. The van der Waals surface area contributed by atoms with Crippen molar-refractivity contribution in [3.05, 3.63) is 107 Å². The summed E-state index contributed by atoms with van der Waals surface area (Å²) in [5.41, 5.74) is 12.3. The zero-order valence-corrected chi connectivity index (χ0v) is 22.7. The quantitative estimate of drug-likeness (QED) is 0.119. The molecule has 0 saturated carbocycles. The smallest absolute Gasteiger partial charge is 0.130 e. The molecule has 5 heteroatoms. The first-order chi connectivity index (χ1) is 17.9. The lowest BCUT2D eigenvalue weighted by Crippen LogP contribution is -2.10. The monoisotopic (exact) mass is 496 g/mol. The Balaban J connectivity index is 2.26. The molecular formula is C32H40N4O. The molecule has 0 amide bonds. The molecule has 0 saturated heterocycles. The van der Waals surface area contributed by atoms with E-state index < -0.39 is 0 Å². The van der Waals surface area contributed by atoms with Gasteiger partial charge in [-0.15, -0.1) is 0 Å². The van der Waals surface area contributed by atoms with E-state index in [2.05, 4.69) is 56.5 Å². The van der Waals surface area contributed by atoms with Crippen LogP contribution in [0.1, 0.15) is 58.6 Å². The van der Waals surface area contributed by atoms with Gasteiger partial charge in [0, 0.05) is 28.7 Å². The SMILES string of the molecule is C\C=C/C(=N/C(=C/CC)c1cccc(OCC(/C=C\C=C(/C)CC)=C/C)c1)Nc1ccc(N)c(C=N)c1. The number of hydrogen-bond donors (Lipinski definition) is 3. The molecule has 0 unspecified atom stereocenters. The van der Waals surface area contributed by atoms with Gasteiger partial charge < -0.3 is 21.2 Å². The lowest BCUT2D eigenvalue weighted by Gasteiger charge is -2.12. The summed E-state index contributed by atoms with van der Waals surface area (Å²) >= 11 is 0. The van der Waals surface area contributed by atoms with Crippen LogP contribution in [-0.4, -0.2) is 18.7 Å². The molecule has 0 spiro atoms. The van der Waals surface area contributed by atoms with Crippen LogP contribution in [0, 0.1) is 5.41 Å². The van der Waals surface area contributed by atoms with Crippen LogP contribution in [-0.2, 0) is 0 Å². The Morgan fingerprint density at radius 3 is 2.59 bits per heavy atom. The summed E-state index contributed by atoms with van der Waals surface area (Å²) in [7, 11) is 0. The largest absolute Gasteiger partial charge is 0.489 e. The zero-order valence-electron chi connectivity index (χ0n) is 22.7. The maximum absolute atomic E-state index is 7.57. The molecule has 0 heterocycles. The van der Waals surface area contributed by atoms with Crippen LogP contribution in [0.4, 0.5) is 11.4 Å². The van der Waals surface area contributed by atoms with Gasteiger partial charge in [0.2, 0.25) is 0 Å². The Kier molecular flexibility index (Phi) is 12.4. The fraction of sp³-hybridized carbons (Fsp3) is 0.250. The van der Waals surface area contributed by atoms with Crippen molar-refractivity contribution in [1.29, 1.82) is 5.41 Å². The van der Waals surface area contributed by atoms with E-state index in [1.54, 1.807) is 6.07 Å². The molecule has 2 aromatic carbocycles. The zero-order chi connectivity index (χ0) is 27.0. The van der Waals surface area contributed by atoms with E-state index >= 15 is 0 Å². The number of nitrogen functional groups attached to an aromatic ring is 1. The van der Waals surface area contributed by atoms with Gasteiger partial charge in [-0.2, -0.15) is 0 Å². The number of ether oxygens (including phenoxy) is 1. The number of anilines is 2. The minimum Gasteiger partial charge on any atom is -0.489 e. The maximum Gasteiger partial charge on any atom is 0.130 e. The maximum atomic E-state index is 7.57. The summed E-state index contributed by atoms with van der Waals surface area (Å²) in [5, 5.41) is 10.9. The first kappa shape index (κ1) is 29.1. The third-order valence-corrected chi connectivity index (χ3v) is 5.63. The molecule has 2 rings (SSSR count). The van der Waals surface area contributed by atoms with Gasteiger partial charge in [0.15, 0.2) is 0 Å². The number of benzene rings is 2. The predicted molar refractivity (Wildman–Crippen MR) is 162 cm³/mol. The van der Waals surface area contributed by atoms with Crippen LogP contribution in [0.25, 0.3) is 5.70 Å². The van der Waals surface area contributed by atoms with Crippen molar-refractivity contribution in [2.45, 2.75) is 47.5 Å². The minimum atomic E-state index is 0.490. The van der Waals surface area contributed by atoms with Crippen molar-refractivity contribution >= 4 is 29.1 Å². The predicted octanol–water partition coefficient (Wildman–Crippen LogP) is 8.34. The fourth-order valence-corrected chi connectivity index (χ4v) is 3.33. The highest BCUT2D eigenvalue weighted by molar-refractivity contribution is 6.06. The van der Waals surface area contributed by atoms with Crippen LogP contribution in [0.15, 0.2) is 101 Å². The number of allylic oxidation sites excluding steroid dienone is 6. The Morgan fingerprint density at radius 1 is 1.11 bits per heavy atom. The Bertz CT molecular complexity index is 1230. The summed E-state index contributed by atoms with van der Waals surface area (Å²) in [6.45, 7) is 10.8. The van der Waals surface area contributed by atoms with Gasteiger partial charge in [0.25, 0.3) is 0 Å². The van der Waals surface area contributed by atoms with Gasteiger partial charge in [0.05, 0.1) is 5.70 Å². The van der Waals surface area contributed by atoms with Crippen molar-refractivity contribution in [3.8, 4) is 5.75 Å². The average Bonchev–Trinajstić information content (AvgIpc) is 2.91. The van der Waals surface area contributed by atoms with Crippen LogP contribution < -0.4 is 15.8 Å². The van der Waals surface area contributed by atoms with Crippen molar-refractivity contribution < 1.29 is 4.74 Å². The molecule has 0 aliphatic rings. The second-order valence-corrected chi connectivity index (χ2v) is 8.51. The van der Waals surface area contributed by atoms with Crippen molar-refractivity contribution in [3.63, 3.8) is 0 Å². The van der Waals surface area contributed by atoms with Crippen LogP contribution in [0.5, 0.6) is 5.75 Å². The second kappa shape index (κ2) is 15.8. The number of hydrogen-bond acceptors (Lipinski definition) is 4. The first-order valence-corrected chi connectivity index (χ1v) is 12.7. The van der Waals surface area contributed by atoms with Gasteiger partial charge in [-0.1, -0.05) is 68.0 Å². The number of nitrogens with zero attached hydrogens (tertiary/aromatic N) is 1. The van der Waals surface area contributed by atoms with Gasteiger partial charge in [-0.3, -0.25) is 0 Å². The molecule has 0 aromatic heterocycles. The van der Waals surface area contributed by atoms with Crippen LogP contribution >= 0.6 is 0 Å². The molecule has 5 nitrogen and oxygen atoms in total. The van der Waals surface area contributed by atoms with E-state index in [4.69, 9.17) is 20.9 Å². The molecular weight excluding hydrogens is 456 g/mol. The summed E-state index contributed by atoms with van der Waals surface area (Å²) in [6.07, 6.45) is 17.5. The van der Waals surface area contributed by atoms with Gasteiger partial charge in [-0.25, -0.2) is 4.99 Å². The van der Waals surface area contributed by atoms with Crippen molar-refractivity contribution in [2.75, 3.05) is 17.7 Å². The third kappa shape index (κ3) is 9.80. The number of nitrogens with one attached hydrogen (secondary N) is 2. The van der Waals surface area contributed by atoms with E-state index in [0.29, 0.717) is 23.7 Å². The lowest BCUT2D eigenvalue weighted by molar-refractivity contribution is 0.355. The Hall–Kier alpha value is -4.12. The molecule has 2 aromatic rings. The Labute approximate surface area is 222 Å². The molecule has 0 bridgehead atoms. The molecule has 0 aliphatic heterocycles. The van der Waals surface area contributed by atoms with E-state index in [9.17, 15) is 0 Å². The molecule has 4 N–H and O–H groups in total. The molecule has 37 heavy (non-hydrogen) atoms. The van der Waals surface area contributed by atoms with E-state index in [0.717, 1.165) is 41.1 Å². The van der Waals surface area contributed by atoms with Gasteiger partial charge >= 0.3 is 0 Å². The summed E-state index contributed by atoms with van der Waals surface area (Å²) in [5.74, 6) is 1.48. The Morgan fingerprint density at radius 2 is 1.92 bits per heavy atom. The molecule has 0 radical (unpaired) electrons. The minimum absolute atomic E-state index is 0.490. The normalized spacial score (nSPS) is 13.4. The first-order valence-electron chi connectivity index (χ1n) is 12.7. The highest BCUT2D eigenvalue weighted by atomic mass is 16.5. The van der Waals surface area contributed by atoms with Gasteiger partial charge in [0.1, 0.15) is 18.2 Å². The molecule has 194 valence electrons. The number of amidine groups is 1. The van der Waals surface area contributed by atoms with E-state index in [-0.39, 0.29) is 0 Å².